The van der Waals surface area contributed by atoms with Crippen molar-refractivity contribution in [1.82, 2.24) is 10.2 Å². The Hall–Kier alpha value is -3.36. The zero-order chi connectivity index (χ0) is 30.6. The van der Waals surface area contributed by atoms with Gasteiger partial charge in [-0.05, 0) is 62.9 Å². The molecule has 3 amide bonds. The molecule has 3 N–H and O–H groups in total. The first kappa shape index (κ1) is 33.8. The molecular weight excluding hydrogens is 542 g/mol. The van der Waals surface area contributed by atoms with E-state index in [4.69, 9.17) is 16.3 Å². The molecule has 0 saturated carbocycles. The molecule has 2 aromatic carbocycles. The number of alkyl carbamates (subject to hydrolysis) is 1. The lowest BCUT2D eigenvalue weighted by Crippen LogP contribution is -2.54. The van der Waals surface area contributed by atoms with Crippen LogP contribution in [0, 0.1) is 6.92 Å². The summed E-state index contributed by atoms with van der Waals surface area (Å²) >= 11 is 6.43. The number of rotatable bonds is 14. The van der Waals surface area contributed by atoms with Crippen molar-refractivity contribution in [2.45, 2.75) is 84.4 Å². The van der Waals surface area contributed by atoms with E-state index in [1.54, 1.807) is 57.2 Å². The Bertz CT molecular complexity index is 1170. The van der Waals surface area contributed by atoms with Crippen LogP contribution in [0.2, 0.25) is 5.02 Å². The number of hydrogen-bond donors (Lipinski definition) is 3. The normalized spacial score (nSPS) is 12.7. The molecule has 2 aromatic rings. The molecule has 41 heavy (non-hydrogen) atoms. The van der Waals surface area contributed by atoms with Crippen molar-refractivity contribution in [3.63, 3.8) is 0 Å². The van der Waals surface area contributed by atoms with Gasteiger partial charge in [0.25, 0.3) is 5.91 Å². The van der Waals surface area contributed by atoms with Gasteiger partial charge in [0.05, 0.1) is 17.3 Å². The summed E-state index contributed by atoms with van der Waals surface area (Å²) in [5.41, 5.74) is 1.74. The molecular formula is C32H44ClN3O5. The Morgan fingerprint density at radius 1 is 1.10 bits per heavy atom. The molecule has 0 aliphatic carbocycles. The summed E-state index contributed by atoms with van der Waals surface area (Å²) in [5, 5.41) is 15.9. The smallest absolute Gasteiger partial charge is 0.408 e. The Labute approximate surface area is 249 Å². The average molecular weight is 586 g/mol. The second kappa shape index (κ2) is 16.2. The second-order valence-electron chi connectivity index (χ2n) is 11.0. The van der Waals surface area contributed by atoms with Crippen LogP contribution in [-0.2, 0) is 14.3 Å². The zero-order valence-corrected chi connectivity index (χ0v) is 25.6. The number of nitrogens with zero attached hydrogens (tertiary/aromatic N) is 1. The van der Waals surface area contributed by atoms with Crippen molar-refractivity contribution < 1.29 is 24.2 Å². The number of carbonyl (C=O) groups excluding carboxylic acids is 3. The number of amides is 3. The molecule has 0 spiro atoms. The molecule has 2 atom stereocenters. The van der Waals surface area contributed by atoms with Gasteiger partial charge in [-0.25, -0.2) is 4.79 Å². The summed E-state index contributed by atoms with van der Waals surface area (Å²) in [6.45, 7) is 12.5. The number of ether oxygens (including phenoxy) is 1. The summed E-state index contributed by atoms with van der Waals surface area (Å²) in [6.07, 6.45) is 5.41. The minimum absolute atomic E-state index is 0.229. The fourth-order valence-corrected chi connectivity index (χ4v) is 4.67. The van der Waals surface area contributed by atoms with Crippen LogP contribution in [0.15, 0.2) is 49.0 Å². The number of aryl methyl sites for hydroxylation is 1. The van der Waals surface area contributed by atoms with Gasteiger partial charge in [-0.1, -0.05) is 87.2 Å². The van der Waals surface area contributed by atoms with Crippen LogP contribution in [0.1, 0.15) is 82.5 Å². The van der Waals surface area contributed by atoms with Crippen molar-refractivity contribution in [1.29, 1.82) is 0 Å². The van der Waals surface area contributed by atoms with Gasteiger partial charge < -0.3 is 25.4 Å². The number of hydrogen-bond acceptors (Lipinski definition) is 5. The molecule has 0 aliphatic heterocycles. The lowest BCUT2D eigenvalue weighted by molar-refractivity contribution is -0.141. The molecule has 0 fully saturated rings. The van der Waals surface area contributed by atoms with Crippen LogP contribution in [0.4, 0.5) is 10.5 Å². The maximum Gasteiger partial charge on any atom is 0.408 e. The Balaban J connectivity index is 2.55. The SMILES string of the molecule is C=Cc1cccc(C(C(=O)Nc2c(C)cccc2Cl)N(CCCCCCC)C(=O)C(CO)NC(=O)OC(C)(C)C)c1. The van der Waals surface area contributed by atoms with Gasteiger partial charge in [0.1, 0.15) is 17.7 Å². The maximum absolute atomic E-state index is 14.1. The Morgan fingerprint density at radius 3 is 2.39 bits per heavy atom. The predicted molar refractivity (Wildman–Crippen MR) is 165 cm³/mol. The lowest BCUT2D eigenvalue weighted by Gasteiger charge is -2.34. The predicted octanol–water partition coefficient (Wildman–Crippen LogP) is 6.66. The third-order valence-electron chi connectivity index (χ3n) is 6.45. The first-order valence-corrected chi connectivity index (χ1v) is 14.5. The third-order valence-corrected chi connectivity index (χ3v) is 6.76. The van der Waals surface area contributed by atoms with E-state index in [1.165, 1.54) is 4.90 Å². The van der Waals surface area contributed by atoms with Crippen LogP contribution in [0.3, 0.4) is 0 Å². The molecule has 2 rings (SSSR count). The zero-order valence-electron chi connectivity index (χ0n) is 24.8. The molecule has 2 unspecified atom stereocenters. The number of benzene rings is 2. The van der Waals surface area contributed by atoms with Crippen molar-refractivity contribution in [2.75, 3.05) is 18.5 Å². The highest BCUT2D eigenvalue weighted by Gasteiger charge is 2.36. The Kier molecular flexibility index (Phi) is 13.4. The van der Waals surface area contributed by atoms with E-state index >= 15 is 0 Å². The van der Waals surface area contributed by atoms with Gasteiger partial charge in [0, 0.05) is 6.54 Å². The van der Waals surface area contributed by atoms with Gasteiger partial charge in [0.2, 0.25) is 5.91 Å². The fraction of sp³-hybridized carbons (Fsp3) is 0.469. The van der Waals surface area contributed by atoms with E-state index in [1.807, 2.05) is 19.1 Å². The third kappa shape index (κ3) is 10.5. The van der Waals surface area contributed by atoms with E-state index in [0.717, 1.165) is 36.8 Å². The quantitative estimate of drug-likeness (QED) is 0.215. The van der Waals surface area contributed by atoms with E-state index in [0.29, 0.717) is 22.7 Å². The topological polar surface area (TPSA) is 108 Å². The first-order chi connectivity index (χ1) is 19.4. The largest absolute Gasteiger partial charge is 0.444 e. The number of unbranched alkanes of at least 4 members (excludes halogenated alkanes) is 4. The van der Waals surface area contributed by atoms with Crippen LogP contribution >= 0.6 is 11.6 Å². The highest BCUT2D eigenvalue weighted by Crippen LogP contribution is 2.30. The van der Waals surface area contributed by atoms with E-state index < -0.39 is 42.2 Å². The molecule has 224 valence electrons. The number of para-hydroxylation sites is 1. The summed E-state index contributed by atoms with van der Waals surface area (Å²) in [7, 11) is 0. The summed E-state index contributed by atoms with van der Waals surface area (Å²) in [6, 6.07) is 10.1. The van der Waals surface area contributed by atoms with Gasteiger partial charge in [-0.3, -0.25) is 9.59 Å². The van der Waals surface area contributed by atoms with Crippen LogP contribution in [0.25, 0.3) is 6.08 Å². The summed E-state index contributed by atoms with van der Waals surface area (Å²) in [4.78, 5) is 42.0. The number of nitrogens with one attached hydrogen (secondary N) is 2. The van der Waals surface area contributed by atoms with Crippen LogP contribution in [-0.4, -0.2) is 52.7 Å². The molecule has 0 saturated heterocycles. The minimum Gasteiger partial charge on any atom is -0.444 e. The number of carbonyl (C=O) groups is 3. The molecule has 0 heterocycles. The van der Waals surface area contributed by atoms with Crippen molar-refractivity contribution in [3.05, 3.63) is 70.8 Å². The first-order valence-electron chi connectivity index (χ1n) is 14.1. The number of halogens is 1. The molecule has 0 aliphatic rings. The monoisotopic (exact) mass is 585 g/mol. The van der Waals surface area contributed by atoms with E-state index in [2.05, 4.69) is 24.1 Å². The second-order valence-corrected chi connectivity index (χ2v) is 11.4. The number of aliphatic hydroxyl groups is 1. The maximum atomic E-state index is 14.1. The standard InChI is InChI=1S/C32H44ClN3O5/c1-7-9-10-11-12-19-36(30(39)26(21-37)34-31(40)41-32(4,5)6)28(24-17-14-16-23(8-2)20-24)29(38)35-27-22(3)15-13-18-25(27)33/h8,13-18,20,26,28,37H,2,7,9-12,19,21H2,1,3-6H3,(H,34,40)(H,35,38). The van der Waals surface area contributed by atoms with E-state index in [-0.39, 0.29) is 6.54 Å². The van der Waals surface area contributed by atoms with Gasteiger partial charge in [0.15, 0.2) is 0 Å². The molecule has 9 heteroatoms. The summed E-state index contributed by atoms with van der Waals surface area (Å²) in [5.74, 6) is -1.08. The van der Waals surface area contributed by atoms with E-state index in [9.17, 15) is 19.5 Å². The molecule has 0 radical (unpaired) electrons. The van der Waals surface area contributed by atoms with Gasteiger partial charge >= 0.3 is 6.09 Å². The van der Waals surface area contributed by atoms with Crippen molar-refractivity contribution >= 4 is 41.3 Å². The van der Waals surface area contributed by atoms with Crippen molar-refractivity contribution in [2.24, 2.45) is 0 Å². The van der Waals surface area contributed by atoms with Gasteiger partial charge in [-0.15, -0.1) is 0 Å². The fourth-order valence-electron chi connectivity index (χ4n) is 4.40. The highest BCUT2D eigenvalue weighted by molar-refractivity contribution is 6.34. The molecule has 0 bridgehead atoms. The average Bonchev–Trinajstić information content (AvgIpc) is 2.91. The number of anilines is 1. The Morgan fingerprint density at radius 2 is 1.78 bits per heavy atom. The lowest BCUT2D eigenvalue weighted by atomic mass is 9.99. The van der Waals surface area contributed by atoms with Crippen LogP contribution < -0.4 is 10.6 Å². The van der Waals surface area contributed by atoms with Crippen LogP contribution in [0.5, 0.6) is 0 Å². The summed E-state index contributed by atoms with van der Waals surface area (Å²) < 4.78 is 5.32. The number of aliphatic hydroxyl groups excluding tert-OH is 1. The van der Waals surface area contributed by atoms with Crippen molar-refractivity contribution in [3.8, 4) is 0 Å². The minimum atomic E-state index is -1.32. The van der Waals surface area contributed by atoms with Gasteiger partial charge in [-0.2, -0.15) is 0 Å². The molecule has 8 nitrogen and oxygen atoms in total. The highest BCUT2D eigenvalue weighted by atomic mass is 35.5. The molecule has 0 aromatic heterocycles.